The number of fused-ring (bicyclic) bond motifs is 5. The summed E-state index contributed by atoms with van der Waals surface area (Å²) in [5, 5.41) is 18.0. The van der Waals surface area contributed by atoms with Gasteiger partial charge in [0.25, 0.3) is 0 Å². The SMILES string of the molecule is CC(=C1COc2ccccc2-c2c(C3CCCCC3)c3ccc(C(=O)O)cc3n2C1)N(C)C.O=C(O)C(F)(F)F. The molecule has 214 valence electrons. The number of ether oxygens (including phenoxy) is 1. The van der Waals surface area contributed by atoms with E-state index in [0.29, 0.717) is 24.6 Å². The normalized spacial score (nSPS) is 16.9. The molecule has 0 radical (unpaired) electrons. The third-order valence-corrected chi connectivity index (χ3v) is 7.68. The molecule has 0 spiro atoms. The number of hydrogen-bond donors (Lipinski definition) is 2. The summed E-state index contributed by atoms with van der Waals surface area (Å²) >= 11 is 0. The van der Waals surface area contributed by atoms with E-state index >= 15 is 0 Å². The van der Waals surface area contributed by atoms with Gasteiger partial charge in [-0.3, -0.25) is 0 Å². The zero-order valence-electron chi connectivity index (χ0n) is 22.7. The summed E-state index contributed by atoms with van der Waals surface area (Å²) in [6.07, 6.45) is 1.05. The molecule has 1 saturated carbocycles. The van der Waals surface area contributed by atoms with Crippen LogP contribution >= 0.6 is 0 Å². The Morgan fingerprint density at radius 3 is 2.27 bits per heavy atom. The van der Waals surface area contributed by atoms with Crippen LogP contribution in [0.3, 0.4) is 0 Å². The van der Waals surface area contributed by atoms with Gasteiger partial charge in [0, 0.05) is 48.4 Å². The lowest BCUT2D eigenvalue weighted by Gasteiger charge is -2.27. The number of aromatic nitrogens is 1. The molecule has 1 aromatic heterocycles. The molecule has 3 aromatic rings. The Hall–Kier alpha value is -3.95. The number of allylic oxidation sites excluding steroid dienone is 1. The van der Waals surface area contributed by atoms with Crippen LogP contribution in [0, 0.1) is 0 Å². The average Bonchev–Trinajstić information content (AvgIpc) is 3.22. The van der Waals surface area contributed by atoms with Crippen molar-refractivity contribution in [2.45, 2.75) is 57.7 Å². The van der Waals surface area contributed by atoms with E-state index in [1.165, 1.54) is 60.0 Å². The summed E-state index contributed by atoms with van der Waals surface area (Å²) in [5.41, 5.74) is 7.37. The van der Waals surface area contributed by atoms with Crippen molar-refractivity contribution in [3.05, 3.63) is 64.9 Å². The maximum absolute atomic E-state index is 11.9. The van der Waals surface area contributed by atoms with Crippen molar-refractivity contribution in [2.75, 3.05) is 20.7 Å². The number of aliphatic carboxylic acids is 1. The molecular formula is C30H33F3N2O5. The predicted molar refractivity (Wildman–Crippen MR) is 146 cm³/mol. The second-order valence-corrected chi connectivity index (χ2v) is 10.4. The first-order valence-corrected chi connectivity index (χ1v) is 13.2. The highest BCUT2D eigenvalue weighted by atomic mass is 19.4. The Morgan fingerprint density at radius 2 is 1.68 bits per heavy atom. The Balaban J connectivity index is 0.000000470. The van der Waals surface area contributed by atoms with Crippen molar-refractivity contribution < 1.29 is 37.7 Å². The number of hydrogen-bond acceptors (Lipinski definition) is 4. The van der Waals surface area contributed by atoms with Crippen LogP contribution in [0.2, 0.25) is 0 Å². The lowest BCUT2D eigenvalue weighted by molar-refractivity contribution is -0.192. The maximum atomic E-state index is 11.9. The van der Waals surface area contributed by atoms with Gasteiger partial charge in [-0.2, -0.15) is 13.2 Å². The quantitative estimate of drug-likeness (QED) is 0.363. The zero-order valence-corrected chi connectivity index (χ0v) is 22.7. The van der Waals surface area contributed by atoms with Gasteiger partial charge in [0.15, 0.2) is 0 Å². The third-order valence-electron chi connectivity index (χ3n) is 7.68. The molecule has 0 atom stereocenters. The van der Waals surface area contributed by atoms with Gasteiger partial charge in [-0.05, 0) is 55.5 Å². The molecule has 1 fully saturated rings. The summed E-state index contributed by atoms with van der Waals surface area (Å²) in [6.45, 7) is 3.32. The number of nitrogens with zero attached hydrogens (tertiary/aromatic N) is 2. The molecule has 7 nitrogen and oxygen atoms in total. The number of aromatic carboxylic acids is 1. The first-order chi connectivity index (χ1) is 18.9. The van der Waals surface area contributed by atoms with E-state index < -0.39 is 18.1 Å². The molecular weight excluding hydrogens is 525 g/mol. The topological polar surface area (TPSA) is 92.0 Å². The fourth-order valence-electron chi connectivity index (χ4n) is 5.49. The van der Waals surface area contributed by atoms with Gasteiger partial charge in [0.05, 0.1) is 11.3 Å². The average molecular weight is 559 g/mol. The molecule has 2 N–H and O–H groups in total. The number of halogens is 3. The molecule has 0 unspecified atom stereocenters. The molecule has 1 aliphatic carbocycles. The third kappa shape index (κ3) is 5.95. The smallest absolute Gasteiger partial charge is 0.488 e. The Morgan fingerprint density at radius 1 is 1.02 bits per heavy atom. The number of carboxylic acid groups (broad SMARTS) is 2. The molecule has 2 aromatic carbocycles. The summed E-state index contributed by atoms with van der Waals surface area (Å²) < 4.78 is 40.5. The summed E-state index contributed by atoms with van der Waals surface area (Å²) in [7, 11) is 4.11. The van der Waals surface area contributed by atoms with E-state index in [-0.39, 0.29) is 0 Å². The van der Waals surface area contributed by atoms with E-state index in [2.05, 4.69) is 48.7 Å². The van der Waals surface area contributed by atoms with E-state index in [1.807, 2.05) is 18.2 Å². The number of alkyl halides is 3. The van der Waals surface area contributed by atoms with Gasteiger partial charge in [-0.1, -0.05) is 37.5 Å². The lowest BCUT2D eigenvalue weighted by Crippen LogP contribution is -2.21. The van der Waals surface area contributed by atoms with Crippen LogP contribution in [0.5, 0.6) is 5.75 Å². The molecule has 1 aliphatic heterocycles. The summed E-state index contributed by atoms with van der Waals surface area (Å²) in [5.74, 6) is -2.28. The summed E-state index contributed by atoms with van der Waals surface area (Å²) in [6, 6.07) is 14.0. The standard InChI is InChI=1S/C28H32N2O3.C2HF3O2/c1-18(29(2)3)21-16-30-24-15-20(28(31)32)13-14-22(24)26(19-9-5-4-6-10-19)27(30)23-11-7-8-12-25(23)33-17-21;3-2(4,5)1(6)7/h7-8,11-15,19H,4-6,9-10,16-17H2,1-3H3,(H,31,32);(H,6,7). The second-order valence-electron chi connectivity index (χ2n) is 10.4. The fourth-order valence-corrected chi connectivity index (χ4v) is 5.49. The molecule has 40 heavy (non-hydrogen) atoms. The molecule has 2 heterocycles. The minimum atomic E-state index is -5.08. The number of para-hydroxylation sites is 1. The largest absolute Gasteiger partial charge is 0.490 e. The van der Waals surface area contributed by atoms with Crippen molar-refractivity contribution in [1.82, 2.24) is 9.47 Å². The van der Waals surface area contributed by atoms with E-state index in [0.717, 1.165) is 16.8 Å². The van der Waals surface area contributed by atoms with E-state index in [4.69, 9.17) is 14.6 Å². The van der Waals surface area contributed by atoms with Crippen LogP contribution in [0.25, 0.3) is 22.2 Å². The van der Waals surface area contributed by atoms with Crippen molar-refractivity contribution in [2.24, 2.45) is 0 Å². The Labute approximate surface area is 230 Å². The van der Waals surface area contributed by atoms with Crippen molar-refractivity contribution in [3.8, 4) is 17.0 Å². The second kappa shape index (κ2) is 11.7. The van der Waals surface area contributed by atoms with Crippen LogP contribution in [0.1, 0.15) is 60.9 Å². The van der Waals surface area contributed by atoms with Crippen molar-refractivity contribution in [1.29, 1.82) is 0 Å². The fraction of sp³-hybridized carbons (Fsp3) is 0.400. The van der Waals surface area contributed by atoms with Gasteiger partial charge in [0.1, 0.15) is 12.4 Å². The monoisotopic (exact) mass is 558 g/mol. The van der Waals surface area contributed by atoms with E-state index in [1.54, 1.807) is 6.07 Å². The minimum absolute atomic E-state index is 0.333. The Kier molecular flexibility index (Phi) is 8.46. The predicted octanol–water partition coefficient (Wildman–Crippen LogP) is 6.92. The van der Waals surface area contributed by atoms with E-state index in [9.17, 15) is 23.1 Å². The van der Waals surface area contributed by atoms with Gasteiger partial charge < -0.3 is 24.4 Å². The highest BCUT2D eigenvalue weighted by Gasteiger charge is 2.38. The van der Waals surface area contributed by atoms with Gasteiger partial charge in [-0.25, -0.2) is 9.59 Å². The van der Waals surface area contributed by atoms with Crippen LogP contribution in [0.4, 0.5) is 13.2 Å². The van der Waals surface area contributed by atoms with Crippen LogP contribution < -0.4 is 4.74 Å². The number of carboxylic acids is 2. The van der Waals surface area contributed by atoms with Crippen molar-refractivity contribution in [3.63, 3.8) is 0 Å². The van der Waals surface area contributed by atoms with Crippen LogP contribution in [-0.4, -0.2) is 58.5 Å². The molecule has 5 rings (SSSR count). The van der Waals surface area contributed by atoms with Gasteiger partial charge in [-0.15, -0.1) is 0 Å². The summed E-state index contributed by atoms with van der Waals surface area (Å²) in [4.78, 5) is 22.9. The number of rotatable bonds is 3. The van der Waals surface area contributed by atoms with Crippen LogP contribution in [0.15, 0.2) is 53.7 Å². The highest BCUT2D eigenvalue weighted by molar-refractivity contribution is 5.98. The van der Waals surface area contributed by atoms with Gasteiger partial charge >= 0.3 is 18.1 Å². The van der Waals surface area contributed by atoms with Crippen molar-refractivity contribution >= 4 is 22.8 Å². The van der Waals surface area contributed by atoms with Gasteiger partial charge in [0.2, 0.25) is 0 Å². The maximum Gasteiger partial charge on any atom is 0.490 e. The van der Waals surface area contributed by atoms with Crippen LogP contribution in [-0.2, 0) is 11.3 Å². The molecule has 0 amide bonds. The number of carbonyl (C=O) groups is 2. The number of benzene rings is 2. The Bertz CT molecular complexity index is 1450. The molecule has 2 aliphatic rings. The zero-order chi connectivity index (χ0) is 29.2. The lowest BCUT2D eigenvalue weighted by atomic mass is 9.81. The minimum Gasteiger partial charge on any atom is -0.488 e. The molecule has 10 heteroatoms. The first kappa shape index (κ1) is 29.0. The first-order valence-electron chi connectivity index (χ1n) is 13.2. The molecule has 0 bridgehead atoms. The highest BCUT2D eigenvalue weighted by Crippen LogP contribution is 2.47. The molecule has 0 saturated heterocycles.